The number of benzene rings is 2. The van der Waals surface area contributed by atoms with Crippen LogP contribution in [0.2, 0.25) is 0 Å². The van der Waals surface area contributed by atoms with Crippen LogP contribution in [0.5, 0.6) is 5.75 Å². The van der Waals surface area contributed by atoms with E-state index in [9.17, 15) is 9.18 Å². The van der Waals surface area contributed by atoms with Crippen LogP contribution in [0.1, 0.15) is 37.8 Å². The molecule has 2 aromatic rings. The summed E-state index contributed by atoms with van der Waals surface area (Å²) in [6.07, 6.45) is 1.84. The van der Waals surface area contributed by atoms with E-state index in [1.165, 1.54) is 12.1 Å². The molecule has 34 heavy (non-hydrogen) atoms. The molecule has 0 bridgehead atoms. The zero-order valence-corrected chi connectivity index (χ0v) is 21.2. The highest BCUT2D eigenvalue weighted by atomic mass is 19.1. The third-order valence-electron chi connectivity index (χ3n) is 6.21. The monoisotopic (exact) mass is 470 g/mol. The van der Waals surface area contributed by atoms with Gasteiger partial charge in [-0.3, -0.25) is 0 Å². The molecule has 1 saturated heterocycles. The minimum absolute atomic E-state index is 0.0938. The molecule has 3 rings (SSSR count). The molecule has 0 spiro atoms. The fourth-order valence-corrected chi connectivity index (χ4v) is 4.19. The largest absolute Gasteiger partial charge is 0.493 e. The van der Waals surface area contributed by atoms with Crippen LogP contribution in [0.4, 0.5) is 14.9 Å². The summed E-state index contributed by atoms with van der Waals surface area (Å²) in [7, 11) is 5.90. The maximum Gasteiger partial charge on any atom is 0.318 e. The number of nitrogens with one attached hydrogen (secondary N) is 1. The van der Waals surface area contributed by atoms with Gasteiger partial charge in [0.15, 0.2) is 0 Å². The molecule has 1 N–H and O–H groups in total. The number of halogens is 1. The summed E-state index contributed by atoms with van der Waals surface area (Å²) < 4.78 is 19.6. The second-order valence-electron chi connectivity index (χ2n) is 9.84. The van der Waals surface area contributed by atoms with Gasteiger partial charge in [0.1, 0.15) is 11.6 Å². The standard InChI is InChI=1S/C27H39FN4O2/c1-20(2)19-34-25-10-6-21(7-11-25)17-29-27(33)32(24-12-14-31(5)15-13-24)18-22-8-9-23(28)16-26(22)30(3)4/h6-11,16,20,24H,12-15,17-19H2,1-5H3,(H,29,33). The van der Waals surface area contributed by atoms with Gasteiger partial charge < -0.3 is 24.8 Å². The molecule has 0 aromatic heterocycles. The number of rotatable bonds is 9. The van der Waals surface area contributed by atoms with Gasteiger partial charge in [0, 0.05) is 38.9 Å². The maximum absolute atomic E-state index is 13.9. The van der Waals surface area contributed by atoms with Gasteiger partial charge in [0.05, 0.1) is 6.61 Å². The average molecular weight is 471 g/mol. The SMILES string of the molecule is CC(C)COc1ccc(CNC(=O)N(Cc2ccc(F)cc2N(C)C)C2CCN(C)CC2)cc1. The number of anilines is 1. The molecule has 1 heterocycles. The Bertz CT molecular complexity index is 925. The first-order chi connectivity index (χ1) is 16.2. The molecule has 2 amide bonds. The van der Waals surface area contributed by atoms with Crippen molar-refractivity contribution in [2.24, 2.45) is 5.92 Å². The van der Waals surface area contributed by atoms with E-state index in [0.29, 0.717) is 25.6 Å². The summed E-state index contributed by atoms with van der Waals surface area (Å²) in [5.74, 6) is 1.03. The lowest BCUT2D eigenvalue weighted by molar-refractivity contribution is 0.127. The summed E-state index contributed by atoms with van der Waals surface area (Å²) in [5.41, 5.74) is 2.75. The van der Waals surface area contributed by atoms with Gasteiger partial charge in [-0.25, -0.2) is 9.18 Å². The molecular weight excluding hydrogens is 431 g/mol. The minimum atomic E-state index is -0.274. The Balaban J connectivity index is 1.70. The number of carbonyl (C=O) groups excluding carboxylic acids is 1. The van der Waals surface area contributed by atoms with Crippen LogP contribution in [-0.2, 0) is 13.1 Å². The Labute approximate surface area is 203 Å². The molecule has 0 aliphatic carbocycles. The molecule has 0 radical (unpaired) electrons. The van der Waals surface area contributed by atoms with Gasteiger partial charge in [-0.05, 0) is 74.3 Å². The average Bonchev–Trinajstić information content (AvgIpc) is 2.81. The topological polar surface area (TPSA) is 48.1 Å². The van der Waals surface area contributed by atoms with Crippen molar-refractivity contribution in [3.05, 3.63) is 59.4 Å². The normalized spacial score (nSPS) is 14.8. The smallest absolute Gasteiger partial charge is 0.318 e. The Morgan fingerprint density at radius 2 is 1.82 bits per heavy atom. The Morgan fingerprint density at radius 1 is 1.15 bits per heavy atom. The fraction of sp³-hybridized carbons (Fsp3) is 0.519. The molecule has 0 saturated carbocycles. The number of ether oxygens (including phenoxy) is 1. The molecule has 1 aliphatic rings. The fourth-order valence-electron chi connectivity index (χ4n) is 4.19. The first-order valence-corrected chi connectivity index (χ1v) is 12.1. The number of piperidine rings is 1. The number of amides is 2. The lowest BCUT2D eigenvalue weighted by atomic mass is 10.0. The molecule has 0 unspecified atom stereocenters. The number of urea groups is 1. The predicted octanol–water partition coefficient (Wildman–Crippen LogP) is 4.73. The number of carbonyl (C=O) groups is 1. The van der Waals surface area contributed by atoms with Crippen LogP contribution < -0.4 is 15.0 Å². The third-order valence-corrected chi connectivity index (χ3v) is 6.21. The maximum atomic E-state index is 13.9. The van der Waals surface area contributed by atoms with Gasteiger partial charge in [-0.1, -0.05) is 32.0 Å². The van der Waals surface area contributed by atoms with E-state index in [1.54, 1.807) is 6.07 Å². The first-order valence-electron chi connectivity index (χ1n) is 12.1. The highest BCUT2D eigenvalue weighted by Gasteiger charge is 2.28. The van der Waals surface area contributed by atoms with Crippen molar-refractivity contribution in [1.29, 1.82) is 0 Å². The Kier molecular flexibility index (Phi) is 9.16. The summed E-state index contributed by atoms with van der Waals surface area (Å²) in [6, 6.07) is 12.7. The lowest BCUT2D eigenvalue weighted by Gasteiger charge is -2.38. The van der Waals surface area contributed by atoms with Crippen molar-refractivity contribution in [3.8, 4) is 5.75 Å². The van der Waals surface area contributed by atoms with Crippen molar-refractivity contribution in [2.75, 3.05) is 45.7 Å². The lowest BCUT2D eigenvalue weighted by Crippen LogP contribution is -2.49. The van der Waals surface area contributed by atoms with Crippen molar-refractivity contribution in [2.45, 2.75) is 45.8 Å². The van der Waals surface area contributed by atoms with Crippen molar-refractivity contribution < 1.29 is 13.9 Å². The van der Waals surface area contributed by atoms with E-state index in [2.05, 4.69) is 31.1 Å². The van der Waals surface area contributed by atoms with Crippen molar-refractivity contribution in [1.82, 2.24) is 15.1 Å². The van der Waals surface area contributed by atoms with Gasteiger partial charge in [0.25, 0.3) is 0 Å². The number of nitrogens with zero attached hydrogens (tertiary/aromatic N) is 3. The molecule has 0 atom stereocenters. The second kappa shape index (κ2) is 12.1. The summed E-state index contributed by atoms with van der Waals surface area (Å²) in [6.45, 7) is 7.71. The number of likely N-dealkylation sites (tertiary alicyclic amines) is 1. The van der Waals surface area contributed by atoms with E-state index < -0.39 is 0 Å². The quantitative estimate of drug-likeness (QED) is 0.576. The van der Waals surface area contributed by atoms with E-state index in [4.69, 9.17) is 4.74 Å². The second-order valence-corrected chi connectivity index (χ2v) is 9.84. The van der Waals surface area contributed by atoms with Crippen LogP contribution in [0, 0.1) is 11.7 Å². The van der Waals surface area contributed by atoms with Gasteiger partial charge >= 0.3 is 6.03 Å². The molecule has 2 aromatic carbocycles. The zero-order valence-electron chi connectivity index (χ0n) is 21.2. The third kappa shape index (κ3) is 7.35. The minimum Gasteiger partial charge on any atom is -0.493 e. The number of hydrogen-bond acceptors (Lipinski definition) is 4. The van der Waals surface area contributed by atoms with Crippen molar-refractivity contribution >= 4 is 11.7 Å². The van der Waals surface area contributed by atoms with E-state index >= 15 is 0 Å². The predicted molar refractivity (Wildman–Crippen MR) is 136 cm³/mol. The Morgan fingerprint density at radius 3 is 2.44 bits per heavy atom. The molecule has 6 nitrogen and oxygen atoms in total. The first kappa shape index (κ1) is 25.8. The molecule has 7 heteroatoms. The van der Waals surface area contributed by atoms with Crippen LogP contribution in [0.15, 0.2) is 42.5 Å². The van der Waals surface area contributed by atoms with E-state index in [-0.39, 0.29) is 17.9 Å². The highest BCUT2D eigenvalue weighted by molar-refractivity contribution is 5.75. The van der Waals surface area contributed by atoms with Gasteiger partial charge in [0.2, 0.25) is 0 Å². The molecule has 186 valence electrons. The van der Waals surface area contributed by atoms with Gasteiger partial charge in [-0.2, -0.15) is 0 Å². The molecule has 1 aliphatic heterocycles. The van der Waals surface area contributed by atoms with Crippen LogP contribution in [0.25, 0.3) is 0 Å². The van der Waals surface area contributed by atoms with Gasteiger partial charge in [-0.15, -0.1) is 0 Å². The van der Waals surface area contributed by atoms with E-state index in [0.717, 1.165) is 48.5 Å². The number of hydrogen-bond donors (Lipinski definition) is 1. The van der Waals surface area contributed by atoms with Crippen molar-refractivity contribution in [3.63, 3.8) is 0 Å². The molecule has 1 fully saturated rings. The summed E-state index contributed by atoms with van der Waals surface area (Å²) >= 11 is 0. The van der Waals surface area contributed by atoms with Crippen LogP contribution >= 0.6 is 0 Å². The molecular formula is C27H39FN4O2. The van der Waals surface area contributed by atoms with Crippen LogP contribution in [0.3, 0.4) is 0 Å². The highest BCUT2D eigenvalue weighted by Crippen LogP contribution is 2.25. The Hall–Kier alpha value is -2.80. The summed E-state index contributed by atoms with van der Waals surface area (Å²) in [4.78, 5) is 19.5. The van der Waals surface area contributed by atoms with E-state index in [1.807, 2.05) is 48.2 Å². The zero-order chi connectivity index (χ0) is 24.7. The summed E-state index contributed by atoms with van der Waals surface area (Å²) in [5, 5.41) is 3.10. The van der Waals surface area contributed by atoms with Crippen LogP contribution in [-0.4, -0.2) is 62.7 Å².